The lowest BCUT2D eigenvalue weighted by molar-refractivity contribution is -0.119. The van der Waals surface area contributed by atoms with E-state index in [-0.39, 0.29) is 12.5 Å². The highest BCUT2D eigenvalue weighted by Crippen LogP contribution is 2.21. The lowest BCUT2D eigenvalue weighted by Gasteiger charge is -2.22. The summed E-state index contributed by atoms with van der Waals surface area (Å²) in [5.74, 6) is 0.137. The Balaban J connectivity index is 2.05. The minimum absolute atomic E-state index is 0.137. The SMILES string of the molecule is CCN(CC(F)(F)F)c1ncc(CNC2CC2)c(C)n1. The molecule has 20 heavy (non-hydrogen) atoms. The molecule has 0 spiro atoms. The summed E-state index contributed by atoms with van der Waals surface area (Å²) in [7, 11) is 0. The zero-order valence-corrected chi connectivity index (χ0v) is 11.7. The molecule has 112 valence electrons. The Morgan fingerprint density at radius 1 is 1.40 bits per heavy atom. The van der Waals surface area contributed by atoms with Crippen LogP contribution in [0.5, 0.6) is 0 Å². The largest absolute Gasteiger partial charge is 0.406 e. The highest BCUT2D eigenvalue weighted by molar-refractivity contribution is 5.33. The average molecular weight is 288 g/mol. The van der Waals surface area contributed by atoms with Gasteiger partial charge in [-0.15, -0.1) is 0 Å². The molecule has 4 nitrogen and oxygen atoms in total. The van der Waals surface area contributed by atoms with Crippen LogP contribution in [0.4, 0.5) is 19.1 Å². The van der Waals surface area contributed by atoms with Crippen LogP contribution in [0, 0.1) is 6.92 Å². The number of hydrogen-bond donors (Lipinski definition) is 1. The van der Waals surface area contributed by atoms with Gasteiger partial charge in [-0.05, 0) is 26.7 Å². The molecule has 0 unspecified atom stereocenters. The molecule has 0 aliphatic heterocycles. The van der Waals surface area contributed by atoms with E-state index in [0.29, 0.717) is 12.6 Å². The fourth-order valence-electron chi connectivity index (χ4n) is 1.89. The van der Waals surface area contributed by atoms with E-state index in [4.69, 9.17) is 0 Å². The van der Waals surface area contributed by atoms with Crippen LogP contribution < -0.4 is 10.2 Å². The predicted octanol–water partition coefficient (Wildman–Crippen LogP) is 2.43. The molecule has 0 amide bonds. The molecule has 1 aromatic rings. The monoisotopic (exact) mass is 288 g/mol. The molecule has 2 rings (SSSR count). The topological polar surface area (TPSA) is 41.1 Å². The third kappa shape index (κ3) is 4.33. The van der Waals surface area contributed by atoms with E-state index in [1.807, 2.05) is 0 Å². The van der Waals surface area contributed by atoms with Gasteiger partial charge in [-0.1, -0.05) is 0 Å². The van der Waals surface area contributed by atoms with Crippen LogP contribution in [0.25, 0.3) is 0 Å². The molecular formula is C13H19F3N4. The van der Waals surface area contributed by atoms with Gasteiger partial charge in [0, 0.05) is 36.6 Å². The average Bonchev–Trinajstić information content (AvgIpc) is 3.17. The van der Waals surface area contributed by atoms with Gasteiger partial charge < -0.3 is 10.2 Å². The van der Waals surface area contributed by atoms with Crippen LogP contribution in [0.3, 0.4) is 0 Å². The summed E-state index contributed by atoms with van der Waals surface area (Å²) in [6, 6.07) is 0.575. The van der Waals surface area contributed by atoms with Gasteiger partial charge in [-0.3, -0.25) is 0 Å². The third-order valence-electron chi connectivity index (χ3n) is 3.26. The smallest absolute Gasteiger partial charge is 0.332 e. The second-order valence-corrected chi connectivity index (χ2v) is 5.07. The summed E-state index contributed by atoms with van der Waals surface area (Å²) in [5.41, 5.74) is 1.66. The molecule has 1 saturated carbocycles. The maximum absolute atomic E-state index is 12.5. The van der Waals surface area contributed by atoms with Crippen molar-refractivity contribution in [2.24, 2.45) is 0 Å². The number of nitrogens with one attached hydrogen (secondary N) is 1. The van der Waals surface area contributed by atoms with Crippen LogP contribution in [-0.2, 0) is 6.54 Å². The minimum atomic E-state index is -4.25. The maximum atomic E-state index is 12.5. The van der Waals surface area contributed by atoms with Gasteiger partial charge in [-0.2, -0.15) is 13.2 Å². The zero-order valence-electron chi connectivity index (χ0n) is 11.7. The summed E-state index contributed by atoms with van der Waals surface area (Å²) in [6.07, 6.45) is -0.258. The molecule has 1 N–H and O–H groups in total. The van der Waals surface area contributed by atoms with E-state index in [0.717, 1.165) is 16.2 Å². The summed E-state index contributed by atoms with van der Waals surface area (Å²) in [4.78, 5) is 9.40. The van der Waals surface area contributed by atoms with Crippen LogP contribution in [0.1, 0.15) is 31.0 Å². The molecule has 0 aromatic carbocycles. The van der Waals surface area contributed by atoms with Crippen molar-refractivity contribution in [2.45, 2.75) is 45.5 Å². The van der Waals surface area contributed by atoms with Crippen molar-refractivity contribution in [3.8, 4) is 0 Å². The molecule has 0 atom stereocenters. The van der Waals surface area contributed by atoms with Gasteiger partial charge in [0.15, 0.2) is 0 Å². The van der Waals surface area contributed by atoms with E-state index < -0.39 is 12.7 Å². The lowest BCUT2D eigenvalue weighted by Crippen LogP contribution is -2.35. The van der Waals surface area contributed by atoms with Crippen molar-refractivity contribution in [1.29, 1.82) is 0 Å². The number of halogens is 3. The Labute approximate surface area is 116 Å². The molecule has 1 aliphatic carbocycles. The van der Waals surface area contributed by atoms with Crippen molar-refractivity contribution in [2.75, 3.05) is 18.0 Å². The molecule has 0 radical (unpaired) electrons. The Bertz CT molecular complexity index is 457. The first kappa shape index (κ1) is 15.0. The summed E-state index contributed by atoms with van der Waals surface area (Å²) in [6.45, 7) is 3.33. The van der Waals surface area contributed by atoms with E-state index in [2.05, 4.69) is 15.3 Å². The van der Waals surface area contributed by atoms with Crippen molar-refractivity contribution < 1.29 is 13.2 Å². The molecule has 1 aliphatic rings. The summed E-state index contributed by atoms with van der Waals surface area (Å²) in [5, 5.41) is 3.34. The zero-order chi connectivity index (χ0) is 14.8. The normalized spacial score (nSPS) is 15.4. The number of alkyl halides is 3. The molecule has 0 bridgehead atoms. The number of anilines is 1. The number of hydrogen-bond acceptors (Lipinski definition) is 4. The van der Waals surface area contributed by atoms with Crippen molar-refractivity contribution in [3.05, 3.63) is 17.5 Å². The molecule has 0 saturated heterocycles. The number of aryl methyl sites for hydroxylation is 1. The Morgan fingerprint density at radius 3 is 2.60 bits per heavy atom. The molecule has 7 heteroatoms. The quantitative estimate of drug-likeness (QED) is 0.873. The molecule has 1 fully saturated rings. The Morgan fingerprint density at radius 2 is 2.10 bits per heavy atom. The van der Waals surface area contributed by atoms with Crippen LogP contribution in [-0.4, -0.2) is 35.3 Å². The van der Waals surface area contributed by atoms with Gasteiger partial charge in [0.1, 0.15) is 6.54 Å². The van der Waals surface area contributed by atoms with Gasteiger partial charge >= 0.3 is 6.18 Å². The van der Waals surface area contributed by atoms with E-state index in [1.54, 1.807) is 20.0 Å². The fourth-order valence-corrected chi connectivity index (χ4v) is 1.89. The van der Waals surface area contributed by atoms with Gasteiger partial charge in [0.25, 0.3) is 0 Å². The van der Waals surface area contributed by atoms with E-state index in [1.165, 1.54) is 12.8 Å². The molecule has 1 heterocycles. The Hall–Kier alpha value is -1.37. The van der Waals surface area contributed by atoms with E-state index >= 15 is 0 Å². The maximum Gasteiger partial charge on any atom is 0.406 e. The summed E-state index contributed by atoms with van der Waals surface area (Å²) < 4.78 is 37.4. The second-order valence-electron chi connectivity index (χ2n) is 5.07. The highest BCUT2D eigenvalue weighted by atomic mass is 19.4. The van der Waals surface area contributed by atoms with Gasteiger partial charge in [0.05, 0.1) is 0 Å². The predicted molar refractivity (Wildman–Crippen MR) is 70.6 cm³/mol. The van der Waals surface area contributed by atoms with Crippen molar-refractivity contribution >= 4 is 5.95 Å². The number of nitrogens with zero attached hydrogens (tertiary/aromatic N) is 3. The molecule has 1 aromatic heterocycles. The van der Waals surface area contributed by atoms with Gasteiger partial charge in [0.2, 0.25) is 5.95 Å². The van der Waals surface area contributed by atoms with Crippen LogP contribution >= 0.6 is 0 Å². The minimum Gasteiger partial charge on any atom is -0.332 e. The summed E-state index contributed by atoms with van der Waals surface area (Å²) >= 11 is 0. The third-order valence-corrected chi connectivity index (χ3v) is 3.26. The Kier molecular flexibility index (Phi) is 4.47. The van der Waals surface area contributed by atoms with E-state index in [9.17, 15) is 13.2 Å². The number of rotatable bonds is 6. The lowest BCUT2D eigenvalue weighted by atomic mass is 10.2. The first-order valence-corrected chi connectivity index (χ1v) is 6.76. The van der Waals surface area contributed by atoms with Gasteiger partial charge in [-0.25, -0.2) is 9.97 Å². The van der Waals surface area contributed by atoms with Crippen LogP contribution in [0.2, 0.25) is 0 Å². The second kappa shape index (κ2) is 5.95. The fraction of sp³-hybridized carbons (Fsp3) is 0.692. The first-order valence-electron chi connectivity index (χ1n) is 6.76. The first-order chi connectivity index (χ1) is 9.39. The number of aromatic nitrogens is 2. The van der Waals surface area contributed by atoms with Crippen molar-refractivity contribution in [3.63, 3.8) is 0 Å². The highest BCUT2D eigenvalue weighted by Gasteiger charge is 2.31. The van der Waals surface area contributed by atoms with Crippen LogP contribution in [0.15, 0.2) is 6.20 Å². The standard InChI is InChI=1S/C13H19F3N4/c1-3-20(8-13(14,15)16)12-18-7-10(9(2)19-12)6-17-11-4-5-11/h7,11,17H,3-6,8H2,1-2H3. The van der Waals surface area contributed by atoms with Crippen molar-refractivity contribution in [1.82, 2.24) is 15.3 Å². The molecular weight excluding hydrogens is 269 g/mol.